The van der Waals surface area contributed by atoms with E-state index in [2.05, 4.69) is 5.32 Å². The molecular formula is C19H21NO6S. The summed E-state index contributed by atoms with van der Waals surface area (Å²) in [6.45, 7) is 1.08. The molecule has 0 bridgehead atoms. The van der Waals surface area contributed by atoms with E-state index in [4.69, 9.17) is 4.74 Å². The lowest BCUT2D eigenvalue weighted by Crippen LogP contribution is -2.55. The Kier molecular flexibility index (Phi) is 6.35. The number of carboxylic acids is 1. The van der Waals surface area contributed by atoms with Gasteiger partial charge in [-0.25, -0.2) is 13.2 Å². The second-order valence-electron chi connectivity index (χ2n) is 6.30. The average Bonchev–Trinajstić information content (AvgIpc) is 2.62. The molecule has 0 aliphatic heterocycles. The summed E-state index contributed by atoms with van der Waals surface area (Å²) in [6.07, 6.45) is 0. The summed E-state index contributed by atoms with van der Waals surface area (Å²) < 4.78 is 30.1. The average molecular weight is 391 g/mol. The minimum atomic E-state index is -3.66. The lowest BCUT2D eigenvalue weighted by Gasteiger charge is -2.25. The quantitative estimate of drug-likeness (QED) is 0.711. The zero-order valence-corrected chi connectivity index (χ0v) is 15.8. The van der Waals surface area contributed by atoms with E-state index >= 15 is 0 Å². The Morgan fingerprint density at radius 2 is 1.78 bits per heavy atom. The van der Waals surface area contributed by atoms with Crippen LogP contribution in [0.5, 0.6) is 0 Å². The van der Waals surface area contributed by atoms with Crippen molar-refractivity contribution < 1.29 is 27.9 Å². The maximum atomic E-state index is 12.6. The number of hydrogen-bond acceptors (Lipinski definition) is 5. The molecule has 0 aliphatic carbocycles. The van der Waals surface area contributed by atoms with Gasteiger partial charge in [-0.2, -0.15) is 0 Å². The van der Waals surface area contributed by atoms with Gasteiger partial charge in [-0.05, 0) is 30.7 Å². The van der Waals surface area contributed by atoms with E-state index in [1.54, 1.807) is 30.3 Å². The molecule has 2 rings (SSSR count). The minimum Gasteiger partial charge on any atom is -0.479 e. The molecule has 2 aromatic carbocycles. The Hall–Kier alpha value is -2.71. The first kappa shape index (κ1) is 20.6. The number of carbonyl (C=O) groups is 2. The summed E-state index contributed by atoms with van der Waals surface area (Å²) in [4.78, 5) is 23.9. The second kappa shape index (κ2) is 8.32. The molecule has 144 valence electrons. The molecule has 2 N–H and O–H groups in total. The summed E-state index contributed by atoms with van der Waals surface area (Å²) in [5, 5.41) is 11.7. The number of amides is 1. The maximum Gasteiger partial charge on any atom is 0.331 e. The van der Waals surface area contributed by atoms with Crippen molar-refractivity contribution in [1.29, 1.82) is 0 Å². The first-order chi connectivity index (χ1) is 12.7. The van der Waals surface area contributed by atoms with Gasteiger partial charge in [0.1, 0.15) is 0 Å². The monoisotopic (exact) mass is 391 g/mol. The van der Waals surface area contributed by atoms with Crippen LogP contribution in [0.3, 0.4) is 0 Å². The fourth-order valence-electron chi connectivity index (χ4n) is 2.47. The summed E-state index contributed by atoms with van der Waals surface area (Å²) in [6, 6.07) is 14.2. The molecule has 1 amide bonds. The van der Waals surface area contributed by atoms with Crippen LogP contribution in [-0.2, 0) is 25.1 Å². The van der Waals surface area contributed by atoms with Gasteiger partial charge in [0.05, 0.1) is 17.3 Å². The number of carbonyl (C=O) groups excluding carboxylic acids is 1. The molecule has 0 aliphatic rings. The highest BCUT2D eigenvalue weighted by atomic mass is 32.2. The summed E-state index contributed by atoms with van der Waals surface area (Å²) in [5.41, 5.74) is -0.955. The van der Waals surface area contributed by atoms with Crippen molar-refractivity contribution >= 4 is 21.7 Å². The van der Waals surface area contributed by atoms with Crippen LogP contribution in [-0.4, -0.2) is 44.7 Å². The van der Waals surface area contributed by atoms with Gasteiger partial charge in [0, 0.05) is 12.7 Å². The Morgan fingerprint density at radius 3 is 2.37 bits per heavy atom. The van der Waals surface area contributed by atoms with Crippen molar-refractivity contribution in [1.82, 2.24) is 5.32 Å². The number of ether oxygens (including phenoxy) is 1. The van der Waals surface area contributed by atoms with Crippen molar-refractivity contribution in [3.05, 3.63) is 65.7 Å². The van der Waals surface area contributed by atoms with Gasteiger partial charge in [0.25, 0.3) is 5.91 Å². The number of rotatable bonds is 8. The lowest BCUT2D eigenvalue weighted by atomic mass is 10.0. The Labute approximate surface area is 157 Å². The van der Waals surface area contributed by atoms with Crippen molar-refractivity contribution in [2.75, 3.05) is 13.7 Å². The molecule has 1 unspecified atom stereocenters. The Balaban J connectivity index is 2.26. The largest absolute Gasteiger partial charge is 0.479 e. The predicted octanol–water partition coefficient (Wildman–Crippen LogP) is 1.88. The smallest absolute Gasteiger partial charge is 0.331 e. The predicted molar refractivity (Wildman–Crippen MR) is 99.2 cm³/mol. The molecule has 8 heteroatoms. The number of benzene rings is 2. The van der Waals surface area contributed by atoms with E-state index in [1.807, 2.05) is 0 Å². The van der Waals surface area contributed by atoms with Crippen LogP contribution in [0.25, 0.3) is 0 Å². The second-order valence-corrected chi connectivity index (χ2v) is 8.29. The van der Waals surface area contributed by atoms with Gasteiger partial charge in [-0.3, -0.25) is 4.79 Å². The molecule has 0 radical (unpaired) electrons. The van der Waals surface area contributed by atoms with Gasteiger partial charge >= 0.3 is 5.97 Å². The SMILES string of the molecule is COCC(C)(NC(=O)c1cccc(S(=O)(=O)Cc2ccccc2)c1)C(=O)O. The minimum absolute atomic E-state index is 0.0113. The molecule has 2 aromatic rings. The van der Waals surface area contributed by atoms with Crippen molar-refractivity contribution in [3.8, 4) is 0 Å². The topological polar surface area (TPSA) is 110 Å². The van der Waals surface area contributed by atoms with E-state index in [0.717, 1.165) is 0 Å². The first-order valence-corrected chi connectivity index (χ1v) is 9.75. The van der Waals surface area contributed by atoms with E-state index < -0.39 is 27.3 Å². The zero-order valence-electron chi connectivity index (χ0n) is 15.0. The molecule has 27 heavy (non-hydrogen) atoms. The number of methoxy groups -OCH3 is 1. The number of hydrogen-bond donors (Lipinski definition) is 2. The van der Waals surface area contributed by atoms with Crippen LogP contribution in [0.4, 0.5) is 0 Å². The van der Waals surface area contributed by atoms with E-state index in [0.29, 0.717) is 5.56 Å². The lowest BCUT2D eigenvalue weighted by molar-refractivity contribution is -0.145. The third kappa shape index (κ3) is 5.15. The van der Waals surface area contributed by atoms with Crippen LogP contribution in [0, 0.1) is 0 Å². The van der Waals surface area contributed by atoms with Crippen LogP contribution in [0.2, 0.25) is 0 Å². The molecule has 0 spiro atoms. The molecule has 7 nitrogen and oxygen atoms in total. The fourth-order valence-corrected chi connectivity index (χ4v) is 3.86. The number of sulfone groups is 1. The van der Waals surface area contributed by atoms with Gasteiger partial charge < -0.3 is 15.2 Å². The van der Waals surface area contributed by atoms with E-state index in [-0.39, 0.29) is 22.8 Å². The number of carboxylic acid groups (broad SMARTS) is 1. The van der Waals surface area contributed by atoms with Gasteiger partial charge in [-0.1, -0.05) is 36.4 Å². The number of nitrogens with one attached hydrogen (secondary N) is 1. The van der Waals surface area contributed by atoms with Crippen LogP contribution >= 0.6 is 0 Å². The molecule has 0 saturated carbocycles. The highest BCUT2D eigenvalue weighted by molar-refractivity contribution is 7.90. The standard InChI is InChI=1S/C19H21NO6S/c1-19(13-26-2,18(22)23)20-17(21)15-9-6-10-16(11-15)27(24,25)12-14-7-4-3-5-8-14/h3-11H,12-13H2,1-2H3,(H,20,21)(H,22,23). The van der Waals surface area contributed by atoms with Gasteiger partial charge in [0.15, 0.2) is 15.4 Å². The van der Waals surface area contributed by atoms with Crippen LogP contribution in [0.15, 0.2) is 59.5 Å². The third-order valence-corrected chi connectivity index (χ3v) is 5.63. The molecule has 0 saturated heterocycles. The summed E-state index contributed by atoms with van der Waals surface area (Å²) in [7, 11) is -2.34. The summed E-state index contributed by atoms with van der Waals surface area (Å²) >= 11 is 0. The zero-order chi connectivity index (χ0) is 20.1. The number of aliphatic carboxylic acids is 1. The van der Waals surface area contributed by atoms with Crippen molar-refractivity contribution in [2.45, 2.75) is 23.1 Å². The van der Waals surface area contributed by atoms with E-state index in [9.17, 15) is 23.1 Å². The van der Waals surface area contributed by atoms with Crippen molar-refractivity contribution in [3.63, 3.8) is 0 Å². The van der Waals surface area contributed by atoms with E-state index in [1.165, 1.54) is 38.3 Å². The van der Waals surface area contributed by atoms with Crippen molar-refractivity contribution in [2.24, 2.45) is 0 Å². The van der Waals surface area contributed by atoms with Gasteiger partial charge in [0.2, 0.25) is 0 Å². The molecule has 0 heterocycles. The Morgan fingerprint density at radius 1 is 1.11 bits per heavy atom. The van der Waals surface area contributed by atoms with Crippen LogP contribution < -0.4 is 5.32 Å². The van der Waals surface area contributed by atoms with Gasteiger partial charge in [-0.15, -0.1) is 0 Å². The maximum absolute atomic E-state index is 12.6. The first-order valence-electron chi connectivity index (χ1n) is 8.09. The Bertz CT molecular complexity index is 926. The molecule has 0 fully saturated rings. The molecule has 0 aromatic heterocycles. The normalized spacial score (nSPS) is 13.6. The van der Waals surface area contributed by atoms with Crippen LogP contribution in [0.1, 0.15) is 22.8 Å². The fraction of sp³-hybridized carbons (Fsp3) is 0.263. The highest BCUT2D eigenvalue weighted by Crippen LogP contribution is 2.18. The molecule has 1 atom stereocenters. The highest BCUT2D eigenvalue weighted by Gasteiger charge is 2.35. The summed E-state index contributed by atoms with van der Waals surface area (Å²) in [5.74, 6) is -2.16. The molecular weight excluding hydrogens is 370 g/mol. The third-order valence-electron chi connectivity index (χ3n) is 3.95.